The number of oxime groups is 1. The summed E-state index contributed by atoms with van der Waals surface area (Å²) in [6.07, 6.45) is 1.26. The van der Waals surface area contributed by atoms with Gasteiger partial charge in [-0.3, -0.25) is 9.78 Å². The predicted molar refractivity (Wildman–Crippen MR) is 85.5 cm³/mol. The van der Waals surface area contributed by atoms with Crippen LogP contribution in [0.4, 0.5) is 0 Å². The molecule has 0 aliphatic heterocycles. The van der Waals surface area contributed by atoms with E-state index >= 15 is 0 Å². The van der Waals surface area contributed by atoms with E-state index in [1.165, 1.54) is 6.21 Å². The monoisotopic (exact) mass is 367 g/mol. The van der Waals surface area contributed by atoms with Crippen molar-refractivity contribution in [2.45, 2.75) is 13.5 Å². The molecule has 2 aromatic rings. The van der Waals surface area contributed by atoms with Crippen molar-refractivity contribution in [3.05, 3.63) is 60.3 Å². The van der Waals surface area contributed by atoms with E-state index in [4.69, 9.17) is 9.57 Å². The van der Waals surface area contributed by atoms with Crippen LogP contribution < -0.4 is 16.0 Å². The zero-order chi connectivity index (χ0) is 16.1. The summed E-state index contributed by atoms with van der Waals surface area (Å²) in [5, 5.41) is 3.76. The zero-order valence-corrected chi connectivity index (χ0v) is 13.6. The number of aromatic nitrogens is 2. The van der Waals surface area contributed by atoms with E-state index in [1.807, 2.05) is 18.2 Å². The van der Waals surface area contributed by atoms with E-state index in [0.717, 1.165) is 10.0 Å². The first-order valence-corrected chi connectivity index (χ1v) is 7.11. The summed E-state index contributed by atoms with van der Waals surface area (Å²) in [7, 11) is 1.57. The molecule has 0 radical (unpaired) electrons. The minimum atomic E-state index is -0.556. The smallest absolute Gasteiger partial charge is 0.325 e. The van der Waals surface area contributed by atoms with Crippen molar-refractivity contribution >= 4 is 22.1 Å². The summed E-state index contributed by atoms with van der Waals surface area (Å²) in [6.45, 7) is 1.79. The molecule has 1 aromatic heterocycles. The van der Waals surface area contributed by atoms with Crippen molar-refractivity contribution in [3.8, 4) is 5.75 Å². The highest BCUT2D eigenvalue weighted by molar-refractivity contribution is 9.10. The summed E-state index contributed by atoms with van der Waals surface area (Å²) in [5.41, 5.74) is 0.385. The maximum Gasteiger partial charge on any atom is 0.325 e. The first-order chi connectivity index (χ1) is 10.5. The van der Waals surface area contributed by atoms with Gasteiger partial charge in [-0.2, -0.15) is 0 Å². The van der Waals surface area contributed by atoms with E-state index < -0.39 is 11.2 Å². The molecule has 0 saturated carbocycles. The van der Waals surface area contributed by atoms with Gasteiger partial charge in [-0.05, 0) is 25.1 Å². The highest BCUT2D eigenvalue weighted by Crippen LogP contribution is 2.23. The molecule has 22 heavy (non-hydrogen) atoms. The van der Waals surface area contributed by atoms with Crippen LogP contribution in [0.5, 0.6) is 5.75 Å². The highest BCUT2D eigenvalue weighted by Gasteiger charge is 2.05. The number of nitrogens with one attached hydrogen (secondary N) is 2. The second kappa shape index (κ2) is 7.08. The molecule has 8 heteroatoms. The van der Waals surface area contributed by atoms with Crippen molar-refractivity contribution in [2.75, 3.05) is 7.11 Å². The molecular formula is C14H14BrN3O4. The van der Waals surface area contributed by atoms with Gasteiger partial charge in [-0.15, -0.1) is 0 Å². The van der Waals surface area contributed by atoms with E-state index in [1.54, 1.807) is 14.0 Å². The molecule has 2 rings (SSSR count). The van der Waals surface area contributed by atoms with Crippen molar-refractivity contribution < 1.29 is 9.57 Å². The first kappa shape index (κ1) is 16.0. The average Bonchev–Trinajstić information content (AvgIpc) is 2.45. The van der Waals surface area contributed by atoms with Gasteiger partial charge in [0.05, 0.1) is 18.9 Å². The minimum Gasteiger partial charge on any atom is -0.496 e. The van der Waals surface area contributed by atoms with Gasteiger partial charge in [-0.1, -0.05) is 21.1 Å². The largest absolute Gasteiger partial charge is 0.496 e. The summed E-state index contributed by atoms with van der Waals surface area (Å²) < 4.78 is 6.11. The lowest BCUT2D eigenvalue weighted by Gasteiger charge is -2.07. The number of rotatable bonds is 5. The Balaban J connectivity index is 2.10. The predicted octanol–water partition coefficient (Wildman–Crippen LogP) is 1.69. The van der Waals surface area contributed by atoms with Crippen LogP contribution >= 0.6 is 15.9 Å². The SMILES string of the molecule is COc1ccc(Br)cc1CO/N=C\c1c(C)[nH]c(=O)[nH]c1=O. The van der Waals surface area contributed by atoms with Gasteiger partial charge < -0.3 is 14.6 Å². The number of hydrogen-bond acceptors (Lipinski definition) is 5. The number of nitrogens with zero attached hydrogens (tertiary/aromatic N) is 1. The third-order valence-electron chi connectivity index (χ3n) is 2.90. The molecule has 0 aliphatic rings. The van der Waals surface area contributed by atoms with Crippen molar-refractivity contribution in [2.24, 2.45) is 5.16 Å². The molecule has 0 atom stereocenters. The number of methoxy groups -OCH3 is 1. The van der Waals surface area contributed by atoms with Crippen LogP contribution in [0.15, 0.2) is 37.4 Å². The van der Waals surface area contributed by atoms with Crippen molar-refractivity contribution in [3.63, 3.8) is 0 Å². The van der Waals surface area contributed by atoms with E-state index in [0.29, 0.717) is 11.4 Å². The van der Waals surface area contributed by atoms with Gasteiger partial charge in [0.2, 0.25) is 0 Å². The van der Waals surface area contributed by atoms with Crippen LogP contribution in [0, 0.1) is 6.92 Å². The Hall–Kier alpha value is -2.35. The molecule has 0 bridgehead atoms. The third-order valence-corrected chi connectivity index (χ3v) is 3.39. The van der Waals surface area contributed by atoms with Gasteiger partial charge >= 0.3 is 5.69 Å². The van der Waals surface area contributed by atoms with Crippen LogP contribution in [0.2, 0.25) is 0 Å². The second-order valence-corrected chi connectivity index (χ2v) is 5.33. The summed E-state index contributed by atoms with van der Waals surface area (Å²) in [5.74, 6) is 0.677. The van der Waals surface area contributed by atoms with E-state index in [9.17, 15) is 9.59 Å². The summed E-state index contributed by atoms with van der Waals surface area (Å²) in [6, 6.07) is 5.52. The number of H-pyrrole nitrogens is 2. The first-order valence-electron chi connectivity index (χ1n) is 6.32. The van der Waals surface area contributed by atoms with Gasteiger partial charge in [0.15, 0.2) is 0 Å². The van der Waals surface area contributed by atoms with Gasteiger partial charge in [0, 0.05) is 15.7 Å². The fourth-order valence-electron chi connectivity index (χ4n) is 1.82. The molecule has 2 N–H and O–H groups in total. The Morgan fingerprint density at radius 1 is 1.32 bits per heavy atom. The second-order valence-electron chi connectivity index (χ2n) is 4.41. The molecular weight excluding hydrogens is 354 g/mol. The third kappa shape index (κ3) is 3.85. The number of benzene rings is 1. The number of halogens is 1. The molecule has 1 heterocycles. The van der Waals surface area contributed by atoms with Crippen LogP contribution in [0.1, 0.15) is 16.8 Å². The van der Waals surface area contributed by atoms with Crippen molar-refractivity contribution in [1.82, 2.24) is 9.97 Å². The Kier molecular flexibility index (Phi) is 5.16. The Morgan fingerprint density at radius 2 is 2.09 bits per heavy atom. The lowest BCUT2D eigenvalue weighted by atomic mass is 10.2. The van der Waals surface area contributed by atoms with Gasteiger partial charge in [0.25, 0.3) is 5.56 Å². The van der Waals surface area contributed by atoms with Crippen LogP contribution in [-0.2, 0) is 11.4 Å². The zero-order valence-electron chi connectivity index (χ0n) is 12.0. The number of aromatic amines is 2. The molecule has 0 saturated heterocycles. The maximum atomic E-state index is 11.6. The lowest BCUT2D eigenvalue weighted by Crippen LogP contribution is -2.26. The lowest BCUT2D eigenvalue weighted by molar-refractivity contribution is 0.130. The molecule has 0 amide bonds. The quantitative estimate of drug-likeness (QED) is 0.620. The molecule has 116 valence electrons. The van der Waals surface area contributed by atoms with Crippen molar-refractivity contribution in [1.29, 1.82) is 0 Å². The fourth-order valence-corrected chi connectivity index (χ4v) is 2.23. The van der Waals surface area contributed by atoms with Gasteiger partial charge in [0.1, 0.15) is 12.4 Å². The van der Waals surface area contributed by atoms with Gasteiger partial charge in [-0.25, -0.2) is 4.79 Å². The number of hydrogen-bond donors (Lipinski definition) is 2. The Labute approximate surface area is 134 Å². The van der Waals surface area contributed by atoms with Crippen LogP contribution in [-0.4, -0.2) is 23.3 Å². The number of ether oxygens (including phenoxy) is 1. The molecule has 0 unspecified atom stereocenters. The molecule has 0 fully saturated rings. The topological polar surface area (TPSA) is 96.5 Å². The molecule has 0 spiro atoms. The minimum absolute atomic E-state index is 0.180. The van der Waals surface area contributed by atoms with Crippen LogP contribution in [0.25, 0.3) is 0 Å². The normalized spacial score (nSPS) is 10.9. The van der Waals surface area contributed by atoms with Crippen LogP contribution in [0.3, 0.4) is 0 Å². The average molecular weight is 368 g/mol. The standard InChI is InChI=1S/C14H14BrN3O4/c1-8-11(13(19)18-14(20)17-8)6-16-22-7-9-5-10(15)3-4-12(9)21-2/h3-6H,7H2,1-2H3,(H2,17,18,19,20)/b16-6-. The Morgan fingerprint density at radius 3 is 2.77 bits per heavy atom. The highest BCUT2D eigenvalue weighted by atomic mass is 79.9. The van der Waals surface area contributed by atoms with E-state index in [-0.39, 0.29) is 12.2 Å². The fraction of sp³-hybridized carbons (Fsp3) is 0.214. The maximum absolute atomic E-state index is 11.6. The number of aryl methyl sites for hydroxylation is 1. The summed E-state index contributed by atoms with van der Waals surface area (Å²) >= 11 is 3.37. The molecule has 7 nitrogen and oxygen atoms in total. The van der Waals surface area contributed by atoms with E-state index in [2.05, 4.69) is 31.1 Å². The molecule has 1 aromatic carbocycles. The molecule has 0 aliphatic carbocycles. The summed E-state index contributed by atoms with van der Waals surface area (Å²) in [4.78, 5) is 32.5. The Bertz CT molecular complexity index is 810.